The van der Waals surface area contributed by atoms with Gasteiger partial charge in [-0.15, -0.1) is 22.7 Å². The zero-order valence-corrected chi connectivity index (χ0v) is 16.8. The van der Waals surface area contributed by atoms with Crippen molar-refractivity contribution < 1.29 is 9.59 Å². The number of nitrogens with zero attached hydrogens (tertiary/aromatic N) is 2. The summed E-state index contributed by atoms with van der Waals surface area (Å²) in [5.41, 5.74) is 4.56. The van der Waals surface area contributed by atoms with Gasteiger partial charge in [0.2, 0.25) is 5.91 Å². The van der Waals surface area contributed by atoms with Gasteiger partial charge in [-0.25, -0.2) is 9.97 Å². The summed E-state index contributed by atoms with van der Waals surface area (Å²) in [7, 11) is 0. The maximum absolute atomic E-state index is 12.5. The number of thiazole rings is 2. The first-order valence-electron chi connectivity index (χ1n) is 8.56. The highest BCUT2D eigenvalue weighted by Crippen LogP contribution is 2.34. The molecule has 3 heterocycles. The van der Waals surface area contributed by atoms with Gasteiger partial charge in [0.25, 0.3) is 5.91 Å². The second-order valence-electron chi connectivity index (χ2n) is 6.45. The minimum atomic E-state index is -0.174. The fraction of sp³-hybridized carbons (Fsp3) is 0.263. The Hall–Kier alpha value is -2.58. The number of aromatic nitrogens is 2. The number of carbonyl (C=O) groups is 2. The standard InChI is InChI=1S/C19H18N4O2S2/c1-9-17(27-11(3)20-9)18(25)23-19-22-16(10(2)26-19)13-4-6-14-12(8-13)5-7-15(24)21-14/h4,6,8H,5,7H2,1-3H3,(H,21,24)(H,22,23,25). The number of rotatable bonds is 3. The Morgan fingerprint density at radius 1 is 1.15 bits per heavy atom. The minimum Gasteiger partial charge on any atom is -0.326 e. The van der Waals surface area contributed by atoms with Crippen molar-refractivity contribution in [2.45, 2.75) is 33.6 Å². The Morgan fingerprint density at radius 2 is 1.96 bits per heavy atom. The van der Waals surface area contributed by atoms with E-state index in [9.17, 15) is 9.59 Å². The summed E-state index contributed by atoms with van der Waals surface area (Å²) in [5.74, 6) is -0.120. The molecular weight excluding hydrogens is 380 g/mol. The van der Waals surface area contributed by atoms with Gasteiger partial charge in [0.05, 0.1) is 16.4 Å². The second-order valence-corrected chi connectivity index (χ2v) is 8.85. The highest BCUT2D eigenvalue weighted by Gasteiger charge is 2.19. The number of benzene rings is 1. The number of anilines is 2. The maximum Gasteiger partial charge on any atom is 0.269 e. The molecule has 0 spiro atoms. The molecule has 2 amide bonds. The molecule has 0 unspecified atom stereocenters. The SMILES string of the molecule is Cc1nc(C)c(C(=O)Nc2nc(-c3ccc4c(c3)CCC(=O)N4)c(C)s2)s1. The van der Waals surface area contributed by atoms with Crippen molar-refractivity contribution in [2.75, 3.05) is 10.6 Å². The van der Waals surface area contributed by atoms with Crippen LogP contribution in [0.15, 0.2) is 18.2 Å². The van der Waals surface area contributed by atoms with Crippen molar-refractivity contribution in [3.63, 3.8) is 0 Å². The van der Waals surface area contributed by atoms with Crippen LogP contribution in [0.25, 0.3) is 11.3 Å². The summed E-state index contributed by atoms with van der Waals surface area (Å²) in [5, 5.41) is 7.23. The van der Waals surface area contributed by atoms with Gasteiger partial charge in [0.1, 0.15) is 4.88 Å². The smallest absolute Gasteiger partial charge is 0.269 e. The Bertz CT molecular complexity index is 1070. The molecule has 1 aliphatic rings. The molecule has 27 heavy (non-hydrogen) atoms. The lowest BCUT2D eigenvalue weighted by Crippen LogP contribution is -2.18. The second kappa shape index (κ2) is 6.86. The number of nitrogens with one attached hydrogen (secondary N) is 2. The van der Waals surface area contributed by atoms with Crippen molar-refractivity contribution in [2.24, 2.45) is 0 Å². The zero-order chi connectivity index (χ0) is 19.1. The van der Waals surface area contributed by atoms with Gasteiger partial charge in [-0.05, 0) is 44.9 Å². The first kappa shape index (κ1) is 17.8. The van der Waals surface area contributed by atoms with Crippen LogP contribution in [0.1, 0.15) is 37.2 Å². The lowest BCUT2D eigenvalue weighted by Gasteiger charge is -2.17. The molecule has 0 aliphatic carbocycles. The summed E-state index contributed by atoms with van der Waals surface area (Å²) >= 11 is 2.84. The van der Waals surface area contributed by atoms with Gasteiger partial charge in [0, 0.05) is 22.5 Å². The summed E-state index contributed by atoms with van der Waals surface area (Å²) in [6.45, 7) is 5.72. The van der Waals surface area contributed by atoms with E-state index in [1.165, 1.54) is 22.7 Å². The van der Waals surface area contributed by atoms with Gasteiger partial charge in [-0.3, -0.25) is 14.9 Å². The summed E-state index contributed by atoms with van der Waals surface area (Å²) in [6, 6.07) is 5.94. The van der Waals surface area contributed by atoms with Crippen LogP contribution in [0.5, 0.6) is 0 Å². The quantitative estimate of drug-likeness (QED) is 0.688. The number of hydrogen-bond acceptors (Lipinski definition) is 6. The zero-order valence-electron chi connectivity index (χ0n) is 15.2. The molecule has 0 atom stereocenters. The molecule has 0 saturated heterocycles. The normalized spacial score (nSPS) is 13.2. The third kappa shape index (κ3) is 3.50. The van der Waals surface area contributed by atoms with Crippen molar-refractivity contribution >= 4 is 45.3 Å². The first-order chi connectivity index (χ1) is 12.9. The molecular formula is C19H18N4O2S2. The van der Waals surface area contributed by atoms with Crippen LogP contribution in [0.3, 0.4) is 0 Å². The van der Waals surface area contributed by atoms with E-state index in [-0.39, 0.29) is 11.8 Å². The minimum absolute atomic E-state index is 0.0543. The summed E-state index contributed by atoms with van der Waals surface area (Å²) in [6.07, 6.45) is 1.23. The Morgan fingerprint density at radius 3 is 2.70 bits per heavy atom. The number of fused-ring (bicyclic) bond motifs is 1. The molecule has 2 aromatic heterocycles. The van der Waals surface area contributed by atoms with Gasteiger partial charge in [0.15, 0.2) is 5.13 Å². The van der Waals surface area contributed by atoms with Crippen molar-refractivity contribution in [3.8, 4) is 11.3 Å². The lowest BCUT2D eigenvalue weighted by atomic mass is 9.99. The molecule has 0 radical (unpaired) electrons. The molecule has 8 heteroatoms. The topological polar surface area (TPSA) is 84.0 Å². The van der Waals surface area contributed by atoms with E-state index in [1.54, 1.807) is 0 Å². The average Bonchev–Trinajstić information content (AvgIpc) is 3.15. The molecule has 2 N–H and O–H groups in total. The molecule has 0 bridgehead atoms. The van der Waals surface area contributed by atoms with E-state index in [0.717, 1.165) is 44.5 Å². The van der Waals surface area contributed by atoms with Crippen LogP contribution in [-0.2, 0) is 11.2 Å². The van der Waals surface area contributed by atoms with Gasteiger partial charge in [-0.1, -0.05) is 6.07 Å². The lowest BCUT2D eigenvalue weighted by molar-refractivity contribution is -0.116. The third-order valence-electron chi connectivity index (χ3n) is 4.40. The molecule has 138 valence electrons. The van der Waals surface area contributed by atoms with Crippen LogP contribution in [-0.4, -0.2) is 21.8 Å². The maximum atomic E-state index is 12.5. The van der Waals surface area contributed by atoms with Gasteiger partial charge < -0.3 is 5.32 Å². The average molecular weight is 399 g/mol. The predicted octanol–water partition coefficient (Wildman–Crippen LogP) is 4.33. The number of amides is 2. The van der Waals surface area contributed by atoms with Crippen molar-refractivity contribution in [1.29, 1.82) is 0 Å². The van der Waals surface area contributed by atoms with E-state index in [1.807, 2.05) is 32.9 Å². The van der Waals surface area contributed by atoms with Crippen molar-refractivity contribution in [3.05, 3.63) is 44.2 Å². The van der Waals surface area contributed by atoms with Crippen molar-refractivity contribution in [1.82, 2.24) is 9.97 Å². The predicted molar refractivity (Wildman–Crippen MR) is 109 cm³/mol. The summed E-state index contributed by atoms with van der Waals surface area (Å²) < 4.78 is 0. The molecule has 3 aromatic rings. The number of carbonyl (C=O) groups excluding carboxylic acids is 2. The fourth-order valence-corrected chi connectivity index (χ4v) is 4.79. The molecule has 0 fully saturated rings. The van der Waals surface area contributed by atoms with E-state index in [2.05, 4.69) is 26.7 Å². The molecule has 1 aromatic carbocycles. The van der Waals surface area contributed by atoms with Gasteiger partial charge >= 0.3 is 0 Å². The van der Waals surface area contributed by atoms with Crippen LogP contribution < -0.4 is 10.6 Å². The molecule has 0 saturated carbocycles. The van der Waals surface area contributed by atoms with Gasteiger partial charge in [-0.2, -0.15) is 0 Å². The van der Waals surface area contributed by atoms with E-state index < -0.39 is 0 Å². The third-order valence-corrected chi connectivity index (χ3v) is 6.36. The fourth-order valence-electron chi connectivity index (χ4n) is 3.14. The first-order valence-corrected chi connectivity index (χ1v) is 10.2. The van der Waals surface area contributed by atoms with E-state index in [0.29, 0.717) is 16.4 Å². The van der Waals surface area contributed by atoms with E-state index in [4.69, 9.17) is 0 Å². The van der Waals surface area contributed by atoms with Crippen LogP contribution in [0.4, 0.5) is 10.8 Å². The Kier molecular flexibility index (Phi) is 4.53. The van der Waals surface area contributed by atoms with Crippen LogP contribution in [0.2, 0.25) is 0 Å². The highest BCUT2D eigenvalue weighted by molar-refractivity contribution is 7.16. The van der Waals surface area contributed by atoms with E-state index >= 15 is 0 Å². The molecule has 4 rings (SSSR count). The Balaban J connectivity index is 1.59. The Labute approximate surface area is 164 Å². The highest BCUT2D eigenvalue weighted by atomic mass is 32.1. The van der Waals surface area contributed by atoms with Crippen LogP contribution in [0, 0.1) is 20.8 Å². The molecule has 1 aliphatic heterocycles. The number of aryl methyl sites for hydroxylation is 4. The summed E-state index contributed by atoms with van der Waals surface area (Å²) in [4.78, 5) is 34.6. The monoisotopic (exact) mass is 398 g/mol. The number of hydrogen-bond donors (Lipinski definition) is 2. The largest absolute Gasteiger partial charge is 0.326 e. The van der Waals surface area contributed by atoms with Crippen LogP contribution >= 0.6 is 22.7 Å². The molecule has 6 nitrogen and oxygen atoms in total.